The summed E-state index contributed by atoms with van der Waals surface area (Å²) in [6.45, 7) is 4.93. The van der Waals surface area contributed by atoms with Crippen molar-refractivity contribution in [1.29, 1.82) is 0 Å². The van der Waals surface area contributed by atoms with Gasteiger partial charge in [0.2, 0.25) is 0 Å². The molecule has 2 aromatic rings. The summed E-state index contributed by atoms with van der Waals surface area (Å²) >= 11 is 0. The van der Waals surface area contributed by atoms with Crippen LogP contribution in [0, 0.1) is 6.92 Å². The first-order valence-corrected chi connectivity index (χ1v) is 9.35. The monoisotopic (exact) mass is 372 g/mol. The highest BCUT2D eigenvalue weighted by atomic mass is 16.5. The zero-order chi connectivity index (χ0) is 19.2. The SMILES string of the molecule is COc1cccc([C@H]2CCN(C(=O)NCCCn3ccnc3C)C2)c1OC. The number of hydrogen-bond donors (Lipinski definition) is 1. The number of amides is 2. The molecule has 0 aliphatic carbocycles. The number of likely N-dealkylation sites (tertiary alicyclic amines) is 1. The van der Waals surface area contributed by atoms with Crippen molar-refractivity contribution in [2.75, 3.05) is 33.9 Å². The maximum atomic E-state index is 12.5. The quantitative estimate of drug-likeness (QED) is 0.759. The Morgan fingerprint density at radius 2 is 2.19 bits per heavy atom. The Kier molecular flexibility index (Phi) is 6.21. The lowest BCUT2D eigenvalue weighted by Gasteiger charge is -2.19. The lowest BCUT2D eigenvalue weighted by molar-refractivity contribution is 0.208. The Balaban J connectivity index is 1.50. The Morgan fingerprint density at radius 3 is 2.89 bits per heavy atom. The van der Waals surface area contributed by atoms with Gasteiger partial charge in [-0.15, -0.1) is 0 Å². The van der Waals surface area contributed by atoms with Crippen molar-refractivity contribution in [3.05, 3.63) is 42.0 Å². The number of nitrogens with one attached hydrogen (secondary N) is 1. The van der Waals surface area contributed by atoms with E-state index in [4.69, 9.17) is 9.47 Å². The van der Waals surface area contributed by atoms with Gasteiger partial charge in [0.25, 0.3) is 0 Å². The molecule has 0 spiro atoms. The number of carbonyl (C=O) groups excluding carboxylic acids is 1. The van der Waals surface area contributed by atoms with Gasteiger partial charge in [-0.3, -0.25) is 0 Å². The Hall–Kier alpha value is -2.70. The number of benzene rings is 1. The standard InChI is InChI=1S/C20H28N4O3/c1-15-21-10-13-23(15)11-5-9-22-20(25)24-12-8-16(14-24)17-6-4-7-18(26-2)19(17)27-3/h4,6-7,10,13,16H,5,8-9,11-12,14H2,1-3H3,(H,22,25)/t16-/m0/s1. The van der Waals surface area contributed by atoms with Crippen molar-refractivity contribution in [2.45, 2.75) is 32.2 Å². The highest BCUT2D eigenvalue weighted by Gasteiger charge is 2.29. The van der Waals surface area contributed by atoms with Gasteiger partial charge in [0.1, 0.15) is 5.82 Å². The van der Waals surface area contributed by atoms with Crippen molar-refractivity contribution in [3.63, 3.8) is 0 Å². The van der Waals surface area contributed by atoms with E-state index >= 15 is 0 Å². The zero-order valence-corrected chi connectivity index (χ0v) is 16.3. The van der Waals surface area contributed by atoms with E-state index in [2.05, 4.69) is 20.9 Å². The average Bonchev–Trinajstić information content (AvgIpc) is 3.33. The molecule has 1 aromatic heterocycles. The van der Waals surface area contributed by atoms with E-state index in [0.29, 0.717) is 13.1 Å². The number of urea groups is 1. The van der Waals surface area contributed by atoms with Gasteiger partial charge in [-0.2, -0.15) is 0 Å². The molecule has 1 aliphatic heterocycles. The number of nitrogens with zero attached hydrogens (tertiary/aromatic N) is 3. The number of methoxy groups -OCH3 is 2. The van der Waals surface area contributed by atoms with E-state index in [0.717, 1.165) is 48.8 Å². The number of rotatable bonds is 7. The number of ether oxygens (including phenoxy) is 2. The molecule has 0 saturated carbocycles. The van der Waals surface area contributed by atoms with Crippen LogP contribution >= 0.6 is 0 Å². The Morgan fingerprint density at radius 1 is 1.33 bits per heavy atom. The molecular weight excluding hydrogens is 344 g/mol. The van der Waals surface area contributed by atoms with Crippen LogP contribution in [0.25, 0.3) is 0 Å². The molecule has 1 aromatic carbocycles. The fourth-order valence-corrected chi connectivity index (χ4v) is 3.63. The summed E-state index contributed by atoms with van der Waals surface area (Å²) < 4.78 is 13.0. The average molecular weight is 372 g/mol. The van der Waals surface area contributed by atoms with Crippen molar-refractivity contribution in [1.82, 2.24) is 19.8 Å². The predicted octanol–water partition coefficient (Wildman–Crippen LogP) is 2.80. The van der Waals surface area contributed by atoms with Gasteiger partial charge in [-0.05, 0) is 25.8 Å². The minimum Gasteiger partial charge on any atom is -0.493 e. The summed E-state index contributed by atoms with van der Waals surface area (Å²) in [6, 6.07) is 5.92. The Bertz CT molecular complexity index is 774. The molecular formula is C20H28N4O3. The number of para-hydroxylation sites is 1. The summed E-state index contributed by atoms with van der Waals surface area (Å²) in [5.74, 6) is 2.75. The topological polar surface area (TPSA) is 68.6 Å². The van der Waals surface area contributed by atoms with Gasteiger partial charge in [-0.1, -0.05) is 12.1 Å². The molecule has 2 heterocycles. The molecule has 1 atom stereocenters. The molecule has 1 N–H and O–H groups in total. The van der Waals surface area contributed by atoms with Crippen LogP contribution in [0.5, 0.6) is 11.5 Å². The first kappa shape index (κ1) is 19.1. The smallest absolute Gasteiger partial charge is 0.317 e. The number of hydrogen-bond acceptors (Lipinski definition) is 4. The Labute approximate surface area is 160 Å². The van der Waals surface area contributed by atoms with Gasteiger partial charge < -0.3 is 24.3 Å². The van der Waals surface area contributed by atoms with E-state index in [9.17, 15) is 4.79 Å². The number of imidazole rings is 1. The molecule has 146 valence electrons. The molecule has 0 radical (unpaired) electrons. The molecule has 2 amide bonds. The molecule has 27 heavy (non-hydrogen) atoms. The minimum atomic E-state index is 0.00159. The third kappa shape index (κ3) is 4.35. The van der Waals surface area contributed by atoms with E-state index in [1.54, 1.807) is 20.4 Å². The molecule has 3 rings (SSSR count). The lowest BCUT2D eigenvalue weighted by atomic mass is 9.97. The summed E-state index contributed by atoms with van der Waals surface area (Å²) in [6.07, 6.45) is 5.56. The molecule has 0 bridgehead atoms. The van der Waals surface area contributed by atoms with E-state index in [-0.39, 0.29) is 11.9 Å². The van der Waals surface area contributed by atoms with Crippen LogP contribution in [-0.4, -0.2) is 54.3 Å². The highest BCUT2D eigenvalue weighted by molar-refractivity contribution is 5.74. The van der Waals surface area contributed by atoms with Gasteiger partial charge in [0.05, 0.1) is 14.2 Å². The van der Waals surface area contributed by atoms with Crippen molar-refractivity contribution in [2.24, 2.45) is 0 Å². The number of aryl methyl sites for hydroxylation is 2. The van der Waals surface area contributed by atoms with Crippen molar-refractivity contribution in [3.8, 4) is 11.5 Å². The number of aromatic nitrogens is 2. The predicted molar refractivity (Wildman–Crippen MR) is 103 cm³/mol. The second-order valence-corrected chi connectivity index (χ2v) is 6.77. The summed E-state index contributed by atoms with van der Waals surface area (Å²) in [7, 11) is 3.30. The molecule has 1 saturated heterocycles. The summed E-state index contributed by atoms with van der Waals surface area (Å²) in [5, 5.41) is 3.03. The van der Waals surface area contributed by atoms with Crippen LogP contribution in [0.1, 0.15) is 30.1 Å². The van der Waals surface area contributed by atoms with Crippen LogP contribution < -0.4 is 14.8 Å². The molecule has 7 nitrogen and oxygen atoms in total. The zero-order valence-electron chi connectivity index (χ0n) is 16.3. The second kappa shape index (κ2) is 8.79. The van der Waals surface area contributed by atoms with E-state index < -0.39 is 0 Å². The fourth-order valence-electron chi connectivity index (χ4n) is 3.63. The highest BCUT2D eigenvalue weighted by Crippen LogP contribution is 2.39. The van der Waals surface area contributed by atoms with E-state index in [1.165, 1.54) is 0 Å². The molecule has 1 aliphatic rings. The second-order valence-electron chi connectivity index (χ2n) is 6.77. The largest absolute Gasteiger partial charge is 0.493 e. The maximum absolute atomic E-state index is 12.5. The maximum Gasteiger partial charge on any atom is 0.317 e. The third-order valence-corrected chi connectivity index (χ3v) is 5.12. The third-order valence-electron chi connectivity index (χ3n) is 5.12. The molecule has 7 heteroatoms. The van der Waals surface area contributed by atoms with Crippen molar-refractivity contribution < 1.29 is 14.3 Å². The lowest BCUT2D eigenvalue weighted by Crippen LogP contribution is -2.39. The van der Waals surface area contributed by atoms with Gasteiger partial charge in [-0.25, -0.2) is 9.78 Å². The van der Waals surface area contributed by atoms with Crippen LogP contribution in [0.3, 0.4) is 0 Å². The van der Waals surface area contributed by atoms with Crippen LogP contribution in [-0.2, 0) is 6.54 Å². The molecule has 0 unspecified atom stereocenters. The van der Waals surface area contributed by atoms with Gasteiger partial charge in [0, 0.05) is 50.1 Å². The van der Waals surface area contributed by atoms with Crippen LogP contribution in [0.4, 0.5) is 4.79 Å². The molecule has 1 fully saturated rings. The first-order valence-electron chi connectivity index (χ1n) is 9.35. The first-order chi connectivity index (χ1) is 13.1. The minimum absolute atomic E-state index is 0.00159. The normalized spacial score (nSPS) is 16.4. The summed E-state index contributed by atoms with van der Waals surface area (Å²) in [5.41, 5.74) is 1.10. The fraction of sp³-hybridized carbons (Fsp3) is 0.500. The van der Waals surface area contributed by atoms with Crippen molar-refractivity contribution >= 4 is 6.03 Å². The number of carbonyl (C=O) groups is 1. The van der Waals surface area contributed by atoms with E-state index in [1.807, 2.05) is 30.2 Å². The van der Waals surface area contributed by atoms with Crippen LogP contribution in [0.2, 0.25) is 0 Å². The van der Waals surface area contributed by atoms with Gasteiger partial charge in [0.15, 0.2) is 11.5 Å². The van der Waals surface area contributed by atoms with Crippen LogP contribution in [0.15, 0.2) is 30.6 Å². The summed E-state index contributed by atoms with van der Waals surface area (Å²) in [4.78, 5) is 18.6. The van der Waals surface area contributed by atoms with Gasteiger partial charge >= 0.3 is 6.03 Å².